The van der Waals surface area contributed by atoms with Gasteiger partial charge in [0.1, 0.15) is 0 Å². The number of carbonyl (C=O) groups is 1. The topological polar surface area (TPSA) is 106 Å². The van der Waals surface area contributed by atoms with Crippen molar-refractivity contribution in [3.05, 3.63) is 35.5 Å². The Morgan fingerprint density at radius 1 is 1.08 bits per heavy atom. The van der Waals surface area contributed by atoms with Crippen LogP contribution in [0.5, 0.6) is 0 Å². The summed E-state index contributed by atoms with van der Waals surface area (Å²) in [5, 5.41) is 8.46. The first-order valence-electron chi connectivity index (χ1n) is 13.3. The molecule has 3 aliphatic rings. The molecule has 1 aromatic carbocycles. The number of ether oxygens (including phenoxy) is 2. The molecule has 10 nitrogen and oxygen atoms in total. The zero-order valence-electron chi connectivity index (χ0n) is 21.5. The number of nitrogens with one attached hydrogen (secondary N) is 1. The number of nitrogens with zero attached hydrogens (tertiary/aromatic N) is 4. The number of rotatable bonds is 9. The Morgan fingerprint density at radius 2 is 1.78 bits per heavy atom. The highest BCUT2D eigenvalue weighted by molar-refractivity contribution is 7.90. The second-order valence-electron chi connectivity index (χ2n) is 9.88. The summed E-state index contributed by atoms with van der Waals surface area (Å²) in [7, 11) is -3.58. The van der Waals surface area contributed by atoms with E-state index in [9.17, 15) is 13.2 Å². The fourth-order valence-corrected chi connectivity index (χ4v) is 7.01. The second-order valence-corrected chi connectivity index (χ2v) is 11.8. The van der Waals surface area contributed by atoms with Crippen molar-refractivity contribution in [3.63, 3.8) is 0 Å². The van der Waals surface area contributed by atoms with Crippen molar-refractivity contribution in [2.75, 3.05) is 72.2 Å². The summed E-state index contributed by atoms with van der Waals surface area (Å²) >= 11 is 0. The lowest BCUT2D eigenvalue weighted by Gasteiger charge is -2.27. The van der Waals surface area contributed by atoms with Gasteiger partial charge in [-0.2, -0.15) is 5.10 Å². The smallest absolute Gasteiger partial charge is 0.274 e. The lowest BCUT2D eigenvalue weighted by molar-refractivity contribution is 0.0297. The van der Waals surface area contributed by atoms with Crippen LogP contribution >= 0.6 is 0 Å². The number of hydrogen-bond donors (Lipinski definition) is 1. The molecule has 202 valence electrons. The lowest BCUT2D eigenvalue weighted by Crippen LogP contribution is -2.41. The van der Waals surface area contributed by atoms with Gasteiger partial charge in [0.05, 0.1) is 48.8 Å². The Bertz CT molecular complexity index is 1200. The average Bonchev–Trinajstić information content (AvgIpc) is 3.29. The number of hydrogen-bond acceptors (Lipinski definition) is 8. The number of morpholine rings is 2. The minimum atomic E-state index is -3.58. The molecule has 1 atom stereocenters. The Balaban J connectivity index is 1.47. The summed E-state index contributed by atoms with van der Waals surface area (Å²) in [6.45, 7) is 9.96. The van der Waals surface area contributed by atoms with Gasteiger partial charge in [-0.05, 0) is 12.5 Å². The molecule has 37 heavy (non-hydrogen) atoms. The van der Waals surface area contributed by atoms with Crippen molar-refractivity contribution < 1.29 is 22.7 Å². The molecular formula is C26H37N5O5S. The van der Waals surface area contributed by atoms with Gasteiger partial charge in [-0.1, -0.05) is 31.5 Å². The molecule has 0 saturated carbocycles. The Hall–Kier alpha value is -2.31. The molecule has 3 aliphatic heterocycles. The molecule has 0 radical (unpaired) electrons. The molecule has 0 aliphatic carbocycles. The summed E-state index contributed by atoms with van der Waals surface area (Å²) < 4.78 is 39.3. The number of sulfone groups is 1. The fourth-order valence-electron chi connectivity index (χ4n) is 5.42. The maximum Gasteiger partial charge on any atom is 0.274 e. The molecule has 2 saturated heterocycles. The van der Waals surface area contributed by atoms with Crippen molar-refractivity contribution in [1.29, 1.82) is 0 Å². The van der Waals surface area contributed by atoms with E-state index in [0.717, 1.165) is 57.9 Å². The third kappa shape index (κ3) is 5.61. The van der Waals surface area contributed by atoms with E-state index in [1.807, 2.05) is 16.8 Å². The first-order chi connectivity index (χ1) is 18.0. The van der Waals surface area contributed by atoms with Crippen LogP contribution < -0.4 is 5.32 Å². The highest BCUT2D eigenvalue weighted by atomic mass is 32.2. The zero-order chi connectivity index (χ0) is 25.8. The quantitative estimate of drug-likeness (QED) is 0.486. The van der Waals surface area contributed by atoms with Crippen molar-refractivity contribution in [3.8, 4) is 11.3 Å². The monoisotopic (exact) mass is 531 g/mol. The maximum atomic E-state index is 13.6. The van der Waals surface area contributed by atoms with E-state index in [2.05, 4.69) is 17.1 Å². The highest BCUT2D eigenvalue weighted by Crippen LogP contribution is 2.41. The third-order valence-corrected chi connectivity index (χ3v) is 9.07. The van der Waals surface area contributed by atoms with Gasteiger partial charge >= 0.3 is 0 Å². The Morgan fingerprint density at radius 3 is 2.51 bits per heavy atom. The molecule has 4 heterocycles. The molecule has 5 rings (SSSR count). The van der Waals surface area contributed by atoms with Gasteiger partial charge in [0.2, 0.25) is 0 Å². The van der Waals surface area contributed by atoms with E-state index in [4.69, 9.17) is 14.6 Å². The minimum Gasteiger partial charge on any atom is -0.379 e. The third-order valence-electron chi connectivity index (χ3n) is 7.38. The predicted octanol–water partition coefficient (Wildman–Crippen LogP) is 1.57. The van der Waals surface area contributed by atoms with Gasteiger partial charge in [-0.25, -0.2) is 8.42 Å². The summed E-state index contributed by atoms with van der Waals surface area (Å²) in [5.41, 5.74) is 2.16. The summed E-state index contributed by atoms with van der Waals surface area (Å²) in [4.78, 5) is 18.0. The molecule has 2 fully saturated rings. The van der Waals surface area contributed by atoms with E-state index >= 15 is 0 Å². The van der Waals surface area contributed by atoms with Gasteiger partial charge in [0.25, 0.3) is 5.91 Å². The summed E-state index contributed by atoms with van der Waals surface area (Å²) in [6.07, 6.45) is 1.80. The largest absolute Gasteiger partial charge is 0.379 e. The summed E-state index contributed by atoms with van der Waals surface area (Å²) in [6, 6.07) is 7.08. The molecule has 11 heteroatoms. The first-order valence-corrected chi connectivity index (χ1v) is 15.0. The van der Waals surface area contributed by atoms with Gasteiger partial charge in [-0.15, -0.1) is 0 Å². The molecule has 1 amide bonds. The minimum absolute atomic E-state index is 0.0106. The maximum absolute atomic E-state index is 13.6. The van der Waals surface area contributed by atoms with Crippen molar-refractivity contribution in [2.45, 2.75) is 36.5 Å². The molecule has 0 bridgehead atoms. The van der Waals surface area contributed by atoms with E-state index in [1.165, 1.54) is 0 Å². The predicted molar refractivity (Wildman–Crippen MR) is 139 cm³/mol. The first kappa shape index (κ1) is 26.3. The molecule has 2 aromatic rings. The van der Waals surface area contributed by atoms with Crippen molar-refractivity contribution >= 4 is 15.7 Å². The van der Waals surface area contributed by atoms with Crippen LogP contribution in [0.25, 0.3) is 11.3 Å². The van der Waals surface area contributed by atoms with Crippen LogP contribution in [0.1, 0.15) is 41.9 Å². The number of fused-ring (bicyclic) bond motifs is 3. The number of benzene rings is 1. The van der Waals surface area contributed by atoms with Crippen LogP contribution in [-0.2, 0) is 25.1 Å². The fraction of sp³-hybridized carbons (Fsp3) is 0.615. The number of aromatic nitrogens is 2. The van der Waals surface area contributed by atoms with Crippen LogP contribution in [0.15, 0.2) is 29.2 Å². The van der Waals surface area contributed by atoms with Crippen LogP contribution in [0, 0.1) is 0 Å². The van der Waals surface area contributed by atoms with Gasteiger partial charge in [0.15, 0.2) is 15.5 Å². The van der Waals surface area contributed by atoms with E-state index < -0.39 is 9.84 Å². The molecular weight excluding hydrogens is 494 g/mol. The normalized spacial score (nSPS) is 20.3. The summed E-state index contributed by atoms with van der Waals surface area (Å²) in [5.74, 6) is -0.433. The molecule has 1 N–H and O–H groups in total. The van der Waals surface area contributed by atoms with E-state index in [-0.39, 0.29) is 23.4 Å². The SMILES string of the molecule is CCCC(CNCCN1CCOCC1)n1nc(C(=O)N2CCOCC2)c2c1-c1ccccc1S(=O)(=O)C2. The van der Waals surface area contributed by atoms with E-state index in [1.54, 1.807) is 17.0 Å². The second kappa shape index (κ2) is 11.6. The number of carbonyl (C=O) groups excluding carboxylic acids is 1. The number of amides is 1. The lowest BCUT2D eigenvalue weighted by atomic mass is 10.0. The van der Waals surface area contributed by atoms with Crippen molar-refractivity contribution in [1.82, 2.24) is 24.9 Å². The average molecular weight is 532 g/mol. The molecule has 1 aromatic heterocycles. The van der Waals surface area contributed by atoms with Crippen LogP contribution in [0.4, 0.5) is 0 Å². The van der Waals surface area contributed by atoms with E-state index in [0.29, 0.717) is 48.9 Å². The van der Waals surface area contributed by atoms with Crippen LogP contribution in [0.2, 0.25) is 0 Å². The van der Waals surface area contributed by atoms with Gasteiger partial charge in [0, 0.05) is 56.9 Å². The standard InChI is InChI=1S/C26H37N5O5S/c1-2-5-20(18-27-8-9-29-10-14-35-15-11-29)31-25-21-6-3-4-7-23(21)37(33,34)19-22(25)24(28-31)26(32)30-12-16-36-17-13-30/h3-4,6-7,20,27H,2,5,8-19H2,1H3. The van der Waals surface area contributed by atoms with Crippen molar-refractivity contribution in [2.24, 2.45) is 0 Å². The van der Waals surface area contributed by atoms with Gasteiger partial charge in [-0.3, -0.25) is 14.4 Å². The molecule has 1 unspecified atom stereocenters. The van der Waals surface area contributed by atoms with Crippen LogP contribution in [-0.4, -0.2) is 106 Å². The Labute approximate surface area is 218 Å². The Kier molecular flexibility index (Phi) is 8.25. The zero-order valence-corrected chi connectivity index (χ0v) is 22.3. The van der Waals surface area contributed by atoms with Gasteiger partial charge < -0.3 is 19.7 Å². The highest BCUT2D eigenvalue weighted by Gasteiger charge is 2.38. The molecule has 0 spiro atoms. The van der Waals surface area contributed by atoms with Crippen LogP contribution in [0.3, 0.4) is 0 Å².